The Morgan fingerprint density at radius 2 is 2.00 bits per heavy atom. The van der Waals surface area contributed by atoms with Crippen molar-refractivity contribution in [2.24, 2.45) is 0 Å². The summed E-state index contributed by atoms with van der Waals surface area (Å²) in [6, 6.07) is 6.62. The average Bonchev–Trinajstić information content (AvgIpc) is 2.95. The van der Waals surface area contributed by atoms with E-state index in [0.717, 1.165) is 38.8 Å². The van der Waals surface area contributed by atoms with Crippen LogP contribution in [0.1, 0.15) is 36.0 Å². The highest BCUT2D eigenvalue weighted by Gasteiger charge is 2.36. The van der Waals surface area contributed by atoms with Gasteiger partial charge >= 0.3 is 6.61 Å². The fourth-order valence-corrected chi connectivity index (χ4v) is 3.15. The van der Waals surface area contributed by atoms with E-state index in [1.54, 1.807) is 18.2 Å². The standard InChI is InChI=1S/C16H20F2N2O2/c17-16(18)22-14-7-2-1-6-13(14)15(21)20(11-4-3-5-11)12-8-9-19-10-12/h1-2,6-7,11-12,16,19H,3-5,8-10H2/t12-/m0/s1. The molecule has 1 aromatic carbocycles. The number of carbonyl (C=O) groups is 1. The van der Waals surface area contributed by atoms with Gasteiger partial charge in [0, 0.05) is 18.6 Å². The highest BCUT2D eigenvalue weighted by atomic mass is 19.3. The molecule has 2 aliphatic rings. The number of rotatable bonds is 5. The molecular weight excluding hydrogens is 290 g/mol. The van der Waals surface area contributed by atoms with Crippen LogP contribution in [0.15, 0.2) is 24.3 Å². The Balaban J connectivity index is 1.86. The summed E-state index contributed by atoms with van der Waals surface area (Å²) in [6.07, 6.45) is 3.99. The smallest absolute Gasteiger partial charge is 0.387 e. The Morgan fingerprint density at radius 1 is 1.23 bits per heavy atom. The number of hydrogen-bond acceptors (Lipinski definition) is 3. The van der Waals surface area contributed by atoms with E-state index in [1.807, 2.05) is 4.90 Å². The van der Waals surface area contributed by atoms with Crippen molar-refractivity contribution in [2.45, 2.75) is 44.4 Å². The Hall–Kier alpha value is -1.69. The van der Waals surface area contributed by atoms with E-state index >= 15 is 0 Å². The monoisotopic (exact) mass is 310 g/mol. The van der Waals surface area contributed by atoms with Gasteiger partial charge in [0.25, 0.3) is 5.91 Å². The lowest BCUT2D eigenvalue weighted by molar-refractivity contribution is -0.0504. The molecule has 0 bridgehead atoms. The Kier molecular flexibility index (Phi) is 4.57. The first-order chi connectivity index (χ1) is 10.7. The van der Waals surface area contributed by atoms with Gasteiger partial charge in [0.2, 0.25) is 0 Å². The summed E-state index contributed by atoms with van der Waals surface area (Å²) in [7, 11) is 0. The molecule has 120 valence electrons. The topological polar surface area (TPSA) is 41.6 Å². The highest BCUT2D eigenvalue weighted by molar-refractivity contribution is 5.97. The molecular formula is C16H20F2N2O2. The maximum atomic E-state index is 12.9. The van der Waals surface area contributed by atoms with Crippen molar-refractivity contribution in [3.8, 4) is 5.75 Å². The average molecular weight is 310 g/mol. The van der Waals surface area contributed by atoms with Crippen LogP contribution in [0, 0.1) is 0 Å². The van der Waals surface area contributed by atoms with Crippen LogP contribution in [0.4, 0.5) is 8.78 Å². The van der Waals surface area contributed by atoms with Crippen molar-refractivity contribution >= 4 is 5.91 Å². The highest BCUT2D eigenvalue weighted by Crippen LogP contribution is 2.31. The number of benzene rings is 1. The van der Waals surface area contributed by atoms with Gasteiger partial charge in [-0.3, -0.25) is 4.79 Å². The van der Waals surface area contributed by atoms with E-state index in [1.165, 1.54) is 6.07 Å². The molecule has 1 aliphatic carbocycles. The second-order valence-corrected chi connectivity index (χ2v) is 5.82. The molecule has 0 unspecified atom stereocenters. The minimum atomic E-state index is -2.93. The van der Waals surface area contributed by atoms with E-state index in [9.17, 15) is 13.6 Å². The van der Waals surface area contributed by atoms with Crippen molar-refractivity contribution < 1.29 is 18.3 Å². The Bertz CT molecular complexity index is 529. The quantitative estimate of drug-likeness (QED) is 0.909. The Morgan fingerprint density at radius 3 is 2.59 bits per heavy atom. The summed E-state index contributed by atoms with van der Waals surface area (Å²) in [6.45, 7) is -1.28. The zero-order chi connectivity index (χ0) is 15.5. The number of amides is 1. The van der Waals surface area contributed by atoms with E-state index in [4.69, 9.17) is 0 Å². The third-order valence-corrected chi connectivity index (χ3v) is 4.46. The van der Waals surface area contributed by atoms with Crippen LogP contribution < -0.4 is 10.1 Å². The van der Waals surface area contributed by atoms with Crippen molar-refractivity contribution in [1.29, 1.82) is 0 Å². The SMILES string of the molecule is O=C(c1ccccc1OC(F)F)N(C1CCC1)[C@H]1CCNC1. The summed E-state index contributed by atoms with van der Waals surface area (Å²) in [5, 5.41) is 3.26. The molecule has 1 N–H and O–H groups in total. The molecule has 22 heavy (non-hydrogen) atoms. The number of carbonyl (C=O) groups excluding carboxylic acids is 1. The van der Waals surface area contributed by atoms with Gasteiger partial charge < -0.3 is 15.0 Å². The molecule has 1 saturated carbocycles. The van der Waals surface area contributed by atoms with Crippen LogP contribution in [-0.4, -0.2) is 42.6 Å². The molecule has 1 saturated heterocycles. The second kappa shape index (κ2) is 6.60. The number of ether oxygens (including phenoxy) is 1. The van der Waals surface area contributed by atoms with Crippen LogP contribution in [-0.2, 0) is 0 Å². The zero-order valence-electron chi connectivity index (χ0n) is 12.3. The lowest BCUT2D eigenvalue weighted by atomic mass is 9.89. The number of nitrogens with zero attached hydrogens (tertiary/aromatic N) is 1. The van der Waals surface area contributed by atoms with E-state index in [0.29, 0.717) is 0 Å². The summed E-state index contributed by atoms with van der Waals surface area (Å²) < 4.78 is 29.6. The molecule has 2 fully saturated rings. The third-order valence-electron chi connectivity index (χ3n) is 4.46. The van der Waals surface area contributed by atoms with Crippen molar-refractivity contribution in [3.05, 3.63) is 29.8 Å². The van der Waals surface area contributed by atoms with Gasteiger partial charge in [-0.25, -0.2) is 0 Å². The molecule has 1 heterocycles. The van der Waals surface area contributed by atoms with Gasteiger partial charge in [-0.1, -0.05) is 12.1 Å². The van der Waals surface area contributed by atoms with Crippen LogP contribution in [0.25, 0.3) is 0 Å². The number of nitrogens with one attached hydrogen (secondary N) is 1. The maximum Gasteiger partial charge on any atom is 0.387 e. The molecule has 0 radical (unpaired) electrons. The first kappa shape index (κ1) is 15.2. The number of halogens is 2. The fraction of sp³-hybridized carbons (Fsp3) is 0.562. The first-order valence-electron chi connectivity index (χ1n) is 7.74. The van der Waals surface area contributed by atoms with E-state index in [2.05, 4.69) is 10.1 Å². The van der Waals surface area contributed by atoms with Crippen LogP contribution in [0.5, 0.6) is 5.75 Å². The van der Waals surface area contributed by atoms with Crippen LogP contribution in [0.3, 0.4) is 0 Å². The Labute approximate surface area is 128 Å². The molecule has 1 atom stereocenters. The molecule has 0 aromatic heterocycles. The first-order valence-corrected chi connectivity index (χ1v) is 7.74. The van der Waals surface area contributed by atoms with E-state index in [-0.39, 0.29) is 29.3 Å². The number of para-hydroxylation sites is 1. The summed E-state index contributed by atoms with van der Waals surface area (Å²) in [4.78, 5) is 14.8. The van der Waals surface area contributed by atoms with Crippen LogP contribution >= 0.6 is 0 Å². The molecule has 1 aromatic rings. The van der Waals surface area contributed by atoms with Crippen molar-refractivity contribution in [3.63, 3.8) is 0 Å². The number of alkyl halides is 2. The minimum absolute atomic E-state index is 0.0437. The zero-order valence-corrected chi connectivity index (χ0v) is 12.3. The van der Waals surface area contributed by atoms with Crippen LogP contribution in [0.2, 0.25) is 0 Å². The van der Waals surface area contributed by atoms with Gasteiger partial charge in [-0.05, 0) is 44.4 Å². The van der Waals surface area contributed by atoms with Crippen molar-refractivity contribution in [1.82, 2.24) is 10.2 Å². The minimum Gasteiger partial charge on any atom is -0.434 e. The van der Waals surface area contributed by atoms with Gasteiger partial charge in [0.1, 0.15) is 5.75 Å². The summed E-state index contributed by atoms with van der Waals surface area (Å²) in [5.74, 6) is -0.243. The van der Waals surface area contributed by atoms with Gasteiger partial charge in [-0.15, -0.1) is 0 Å². The predicted molar refractivity (Wildman–Crippen MR) is 78.2 cm³/mol. The molecule has 1 amide bonds. The molecule has 6 heteroatoms. The molecule has 1 aliphatic heterocycles. The lowest BCUT2D eigenvalue weighted by Gasteiger charge is -2.41. The van der Waals surface area contributed by atoms with E-state index < -0.39 is 6.61 Å². The summed E-state index contributed by atoms with van der Waals surface area (Å²) >= 11 is 0. The largest absolute Gasteiger partial charge is 0.434 e. The predicted octanol–water partition coefficient (Wildman–Crippen LogP) is 2.64. The van der Waals surface area contributed by atoms with Gasteiger partial charge in [0.05, 0.1) is 5.56 Å². The second-order valence-electron chi connectivity index (χ2n) is 5.82. The normalized spacial score (nSPS) is 21.7. The van der Waals surface area contributed by atoms with Gasteiger partial charge in [0.15, 0.2) is 0 Å². The molecule has 0 spiro atoms. The van der Waals surface area contributed by atoms with Gasteiger partial charge in [-0.2, -0.15) is 8.78 Å². The summed E-state index contributed by atoms with van der Waals surface area (Å²) in [5.41, 5.74) is 0.224. The third kappa shape index (κ3) is 3.06. The molecule has 3 rings (SSSR count). The lowest BCUT2D eigenvalue weighted by Crippen LogP contribution is -2.51. The number of hydrogen-bond donors (Lipinski definition) is 1. The fourth-order valence-electron chi connectivity index (χ4n) is 3.15. The molecule has 4 nitrogen and oxygen atoms in total. The maximum absolute atomic E-state index is 12.9. The van der Waals surface area contributed by atoms with Crippen molar-refractivity contribution in [2.75, 3.05) is 13.1 Å².